The van der Waals surface area contributed by atoms with Gasteiger partial charge < -0.3 is 19.5 Å². The molecule has 2 aromatic heterocycles. The van der Waals surface area contributed by atoms with E-state index in [9.17, 15) is 4.79 Å². The smallest absolute Gasteiger partial charge is 0.256 e. The van der Waals surface area contributed by atoms with E-state index in [-0.39, 0.29) is 5.91 Å². The molecule has 0 saturated heterocycles. The molecule has 32 heavy (non-hydrogen) atoms. The minimum atomic E-state index is -0.296. The van der Waals surface area contributed by atoms with Crippen molar-refractivity contribution in [2.24, 2.45) is 7.05 Å². The highest BCUT2D eigenvalue weighted by Gasteiger charge is 2.21. The minimum absolute atomic E-state index is 0.296. The number of anilines is 1. The predicted octanol–water partition coefficient (Wildman–Crippen LogP) is 4.22. The second kappa shape index (κ2) is 8.58. The largest absolute Gasteiger partial charge is 0.497 e. The summed E-state index contributed by atoms with van der Waals surface area (Å²) in [5.41, 5.74) is 3.84. The highest BCUT2D eigenvalue weighted by atomic mass is 16.5. The molecule has 8 nitrogen and oxygen atoms in total. The number of amides is 1. The Morgan fingerprint density at radius 3 is 2.41 bits per heavy atom. The lowest BCUT2D eigenvalue weighted by atomic mass is 10.0. The maximum Gasteiger partial charge on any atom is 0.256 e. The number of ether oxygens (including phenoxy) is 3. The fraction of sp³-hybridized carbons (Fsp3) is 0.208. The number of methoxy groups -OCH3 is 3. The number of carbonyl (C=O) groups is 1. The summed E-state index contributed by atoms with van der Waals surface area (Å²) in [5, 5.41) is 8.12. The van der Waals surface area contributed by atoms with E-state index in [2.05, 4.69) is 10.4 Å². The first-order chi connectivity index (χ1) is 15.5. The van der Waals surface area contributed by atoms with Crippen molar-refractivity contribution in [3.8, 4) is 28.5 Å². The second-order valence-corrected chi connectivity index (χ2v) is 7.19. The lowest BCUT2D eigenvalue weighted by Gasteiger charge is -2.14. The van der Waals surface area contributed by atoms with Crippen molar-refractivity contribution in [3.05, 3.63) is 59.8 Å². The van der Waals surface area contributed by atoms with Crippen LogP contribution in [0.2, 0.25) is 0 Å². The molecule has 0 fully saturated rings. The van der Waals surface area contributed by atoms with Crippen LogP contribution in [-0.2, 0) is 7.05 Å². The van der Waals surface area contributed by atoms with Crippen molar-refractivity contribution in [2.45, 2.75) is 6.92 Å². The normalized spacial score (nSPS) is 10.8. The van der Waals surface area contributed by atoms with Crippen LogP contribution < -0.4 is 19.5 Å². The van der Waals surface area contributed by atoms with E-state index < -0.39 is 0 Å². The average molecular weight is 432 g/mol. The molecule has 164 valence electrons. The number of pyridine rings is 1. The Morgan fingerprint density at radius 1 is 1.00 bits per heavy atom. The zero-order valence-electron chi connectivity index (χ0n) is 18.6. The van der Waals surface area contributed by atoms with Crippen LogP contribution >= 0.6 is 0 Å². The van der Waals surface area contributed by atoms with Gasteiger partial charge in [-0.05, 0) is 49.4 Å². The predicted molar refractivity (Wildman–Crippen MR) is 123 cm³/mol. The number of carbonyl (C=O) groups excluding carboxylic acids is 1. The first-order valence-electron chi connectivity index (χ1n) is 9.98. The van der Waals surface area contributed by atoms with Crippen molar-refractivity contribution in [2.75, 3.05) is 26.6 Å². The molecule has 4 aromatic rings. The summed E-state index contributed by atoms with van der Waals surface area (Å²) in [6.45, 7) is 1.86. The maximum absolute atomic E-state index is 13.4. The Labute approximate surface area is 185 Å². The molecule has 0 radical (unpaired) electrons. The number of hydrogen-bond donors (Lipinski definition) is 1. The summed E-state index contributed by atoms with van der Waals surface area (Å²) < 4.78 is 17.7. The van der Waals surface area contributed by atoms with Crippen LogP contribution in [-0.4, -0.2) is 42.0 Å². The molecule has 0 bridgehead atoms. The molecule has 0 saturated carbocycles. The van der Waals surface area contributed by atoms with Gasteiger partial charge in [-0.1, -0.05) is 6.07 Å². The van der Waals surface area contributed by atoms with E-state index in [4.69, 9.17) is 19.2 Å². The number of aromatic nitrogens is 3. The third-order valence-electron chi connectivity index (χ3n) is 5.25. The third-order valence-corrected chi connectivity index (χ3v) is 5.25. The van der Waals surface area contributed by atoms with Gasteiger partial charge in [-0.2, -0.15) is 5.10 Å². The van der Waals surface area contributed by atoms with Gasteiger partial charge in [0.1, 0.15) is 5.75 Å². The Balaban J connectivity index is 1.83. The van der Waals surface area contributed by atoms with Crippen molar-refractivity contribution in [1.29, 1.82) is 0 Å². The van der Waals surface area contributed by atoms with Gasteiger partial charge in [0.15, 0.2) is 17.1 Å². The number of rotatable bonds is 6. The van der Waals surface area contributed by atoms with Crippen LogP contribution in [0.15, 0.2) is 48.5 Å². The molecular formula is C24H24N4O4. The molecular weight excluding hydrogens is 408 g/mol. The lowest BCUT2D eigenvalue weighted by molar-refractivity contribution is 0.102. The second-order valence-electron chi connectivity index (χ2n) is 7.19. The Morgan fingerprint density at radius 2 is 1.75 bits per heavy atom. The van der Waals surface area contributed by atoms with Crippen LogP contribution in [0.4, 0.5) is 5.69 Å². The molecule has 0 atom stereocenters. The molecule has 0 aliphatic carbocycles. The zero-order valence-corrected chi connectivity index (χ0v) is 18.6. The standard InChI is InChI=1S/C24H24N4O4/c1-14-21-17(24(29)26-18-7-6-8-20(31-4)22(18)32-5)13-19(25-23(21)28(2)27-14)15-9-11-16(30-3)12-10-15/h6-13H,1-5H3,(H,26,29). The van der Waals surface area contributed by atoms with Crippen LogP contribution in [0, 0.1) is 6.92 Å². The molecule has 1 N–H and O–H groups in total. The van der Waals surface area contributed by atoms with Crippen molar-refractivity contribution in [3.63, 3.8) is 0 Å². The van der Waals surface area contributed by atoms with E-state index in [0.29, 0.717) is 39.5 Å². The van der Waals surface area contributed by atoms with Gasteiger partial charge in [-0.15, -0.1) is 0 Å². The Hall–Kier alpha value is -4.07. The van der Waals surface area contributed by atoms with Crippen LogP contribution in [0.25, 0.3) is 22.3 Å². The van der Waals surface area contributed by atoms with Gasteiger partial charge >= 0.3 is 0 Å². The van der Waals surface area contributed by atoms with Gasteiger partial charge in [-0.3, -0.25) is 9.48 Å². The Bertz CT molecular complexity index is 1300. The van der Waals surface area contributed by atoms with Crippen LogP contribution in [0.5, 0.6) is 17.2 Å². The van der Waals surface area contributed by atoms with E-state index >= 15 is 0 Å². The fourth-order valence-corrected chi connectivity index (χ4v) is 3.71. The zero-order chi connectivity index (χ0) is 22.8. The van der Waals surface area contributed by atoms with Crippen LogP contribution in [0.1, 0.15) is 16.1 Å². The number of fused-ring (bicyclic) bond motifs is 1. The van der Waals surface area contributed by atoms with Crippen molar-refractivity contribution < 1.29 is 19.0 Å². The summed E-state index contributed by atoms with van der Waals surface area (Å²) in [6, 6.07) is 14.6. The number of aryl methyl sites for hydroxylation is 2. The van der Waals surface area contributed by atoms with E-state index in [1.807, 2.05) is 38.2 Å². The van der Waals surface area contributed by atoms with E-state index in [0.717, 1.165) is 17.0 Å². The average Bonchev–Trinajstić information content (AvgIpc) is 3.11. The van der Waals surface area contributed by atoms with Gasteiger partial charge in [0.05, 0.1) is 49.4 Å². The number of benzene rings is 2. The summed E-state index contributed by atoms with van der Waals surface area (Å²) in [4.78, 5) is 18.2. The summed E-state index contributed by atoms with van der Waals surface area (Å²) >= 11 is 0. The topological polar surface area (TPSA) is 87.5 Å². The molecule has 8 heteroatoms. The summed E-state index contributed by atoms with van der Waals surface area (Å²) in [6.07, 6.45) is 0. The molecule has 1 amide bonds. The number of hydrogen-bond acceptors (Lipinski definition) is 6. The molecule has 0 spiro atoms. The first-order valence-corrected chi connectivity index (χ1v) is 9.98. The summed E-state index contributed by atoms with van der Waals surface area (Å²) in [5.74, 6) is 1.43. The first kappa shape index (κ1) is 21.2. The van der Waals surface area contributed by atoms with Gasteiger partial charge in [-0.25, -0.2) is 4.98 Å². The quantitative estimate of drug-likeness (QED) is 0.491. The van der Waals surface area contributed by atoms with Crippen molar-refractivity contribution >= 4 is 22.6 Å². The van der Waals surface area contributed by atoms with E-state index in [1.165, 1.54) is 7.11 Å². The maximum atomic E-state index is 13.4. The van der Waals surface area contributed by atoms with Gasteiger partial charge in [0, 0.05) is 12.6 Å². The number of nitrogens with zero attached hydrogens (tertiary/aromatic N) is 3. The molecule has 4 rings (SSSR count). The van der Waals surface area contributed by atoms with Crippen molar-refractivity contribution in [1.82, 2.24) is 14.8 Å². The van der Waals surface area contributed by atoms with Gasteiger partial charge in [0.25, 0.3) is 5.91 Å². The highest BCUT2D eigenvalue weighted by molar-refractivity contribution is 6.13. The molecule has 2 heterocycles. The van der Waals surface area contributed by atoms with E-state index in [1.54, 1.807) is 43.2 Å². The monoisotopic (exact) mass is 432 g/mol. The Kier molecular flexibility index (Phi) is 5.68. The molecule has 2 aromatic carbocycles. The summed E-state index contributed by atoms with van der Waals surface area (Å²) in [7, 11) is 6.51. The molecule has 0 aliphatic heterocycles. The van der Waals surface area contributed by atoms with Gasteiger partial charge in [0.2, 0.25) is 0 Å². The fourth-order valence-electron chi connectivity index (χ4n) is 3.71. The number of nitrogens with one attached hydrogen (secondary N) is 1. The highest BCUT2D eigenvalue weighted by Crippen LogP contribution is 2.35. The number of para-hydroxylation sites is 1. The lowest BCUT2D eigenvalue weighted by Crippen LogP contribution is -2.14. The minimum Gasteiger partial charge on any atom is -0.497 e. The van der Waals surface area contributed by atoms with Crippen LogP contribution in [0.3, 0.4) is 0 Å². The molecule has 0 unspecified atom stereocenters. The SMILES string of the molecule is COc1ccc(-c2cc(C(=O)Nc3cccc(OC)c3OC)c3c(C)nn(C)c3n2)cc1. The molecule has 0 aliphatic rings. The third kappa shape index (κ3) is 3.71.